The molecule has 1 aliphatic rings. The molecule has 0 spiro atoms. The minimum Gasteiger partial charge on any atom is -0.383 e. The zero-order chi connectivity index (χ0) is 12.0. The zero-order valence-corrected chi connectivity index (χ0v) is 12.7. The van der Waals surface area contributed by atoms with Crippen LogP contribution in [0.1, 0.15) is 27.2 Å². The highest BCUT2D eigenvalue weighted by Gasteiger charge is 2.29. The molecule has 0 aliphatic carbocycles. The number of hydrogen-bond donors (Lipinski definition) is 1. The van der Waals surface area contributed by atoms with Crippen LogP contribution in [0.25, 0.3) is 0 Å². The van der Waals surface area contributed by atoms with Crippen molar-refractivity contribution in [2.45, 2.75) is 38.5 Å². The van der Waals surface area contributed by atoms with Crippen LogP contribution in [0.3, 0.4) is 0 Å². The van der Waals surface area contributed by atoms with Gasteiger partial charge in [0.05, 0.1) is 0 Å². The number of likely N-dealkylation sites (N-methyl/N-ethyl adjacent to an activating group) is 1. The summed E-state index contributed by atoms with van der Waals surface area (Å²) in [5.74, 6) is 0. The number of nitrogens with one attached hydrogen (secondary N) is 1. The lowest BCUT2D eigenvalue weighted by molar-refractivity contribution is 0.301. The Bertz CT molecular complexity index is 185. The molecule has 1 atom stereocenters. The summed E-state index contributed by atoms with van der Waals surface area (Å²) in [6.45, 7) is 11.7. The molecule has 94 valence electrons. The average molecular weight is 241 g/mol. The van der Waals surface area contributed by atoms with Gasteiger partial charge in [-0.1, -0.05) is 32.5 Å². The highest BCUT2D eigenvalue weighted by atomic mass is 27.2. The van der Waals surface area contributed by atoms with Crippen LogP contribution in [-0.2, 0) is 0 Å². The third-order valence-electron chi connectivity index (χ3n) is 4.00. The van der Waals surface area contributed by atoms with Gasteiger partial charge in [0.15, 0.2) is 0 Å². The fourth-order valence-electron chi connectivity index (χ4n) is 2.50. The number of rotatable bonds is 6. The van der Waals surface area contributed by atoms with Gasteiger partial charge in [0, 0.05) is 6.54 Å². The van der Waals surface area contributed by atoms with Crippen LogP contribution in [0, 0.1) is 0 Å². The van der Waals surface area contributed by atoms with Gasteiger partial charge in [-0.2, -0.15) is 0 Å². The highest BCUT2D eigenvalue weighted by molar-refractivity contribution is 6.56. The van der Waals surface area contributed by atoms with Crippen LogP contribution in [0.2, 0.25) is 5.28 Å². The zero-order valence-electron chi connectivity index (χ0n) is 11.5. The molecule has 0 aromatic heterocycles. The summed E-state index contributed by atoms with van der Waals surface area (Å²) in [4.78, 5) is 2.54. The Kier molecular flexibility index (Phi) is 6.95. The van der Waals surface area contributed by atoms with E-state index in [1.165, 1.54) is 43.3 Å². The second kappa shape index (κ2) is 7.68. The normalized spacial score (nSPS) is 23.1. The van der Waals surface area contributed by atoms with E-state index in [1.54, 1.807) is 0 Å². The lowest BCUT2D eigenvalue weighted by atomic mass is 10.3. The summed E-state index contributed by atoms with van der Waals surface area (Å²) in [5, 5.41) is 6.35. The third-order valence-corrected chi connectivity index (χ3v) is 7.49. The molecule has 0 amide bonds. The Morgan fingerprint density at radius 3 is 2.69 bits per heavy atom. The fraction of sp³-hybridized carbons (Fsp3) is 1.00. The summed E-state index contributed by atoms with van der Waals surface area (Å²) in [5.41, 5.74) is 0. The first-order valence-corrected chi connectivity index (χ1v) is 8.99. The van der Waals surface area contributed by atoms with Crippen LogP contribution >= 0.6 is 0 Å². The summed E-state index contributed by atoms with van der Waals surface area (Å²) in [6.07, 6.45) is 1.39. The van der Waals surface area contributed by atoms with E-state index >= 15 is 0 Å². The van der Waals surface area contributed by atoms with Crippen molar-refractivity contribution in [1.82, 2.24) is 14.1 Å². The summed E-state index contributed by atoms with van der Waals surface area (Å²) >= 11 is -0.664. The smallest absolute Gasteiger partial charge is 0.383 e. The molecule has 1 rings (SSSR count). The van der Waals surface area contributed by atoms with Gasteiger partial charge in [-0.05, 0) is 38.1 Å². The van der Waals surface area contributed by atoms with E-state index in [9.17, 15) is 0 Å². The van der Waals surface area contributed by atoms with Crippen molar-refractivity contribution < 1.29 is 0 Å². The van der Waals surface area contributed by atoms with Crippen molar-refractivity contribution in [2.75, 3.05) is 38.6 Å². The number of hydrogen-bond acceptors (Lipinski definition) is 3. The standard InChI is InChI=1S/C7H16N.C5H12N2.Al/c1-4-7-8(5-2)6-3;1-5(7-3)4-6-2;/h1,4-7H2,2-3H3;5-6H,2,4H2,1,3H3;/q;-1;+1. The van der Waals surface area contributed by atoms with Crippen LogP contribution < -0.4 is 5.32 Å². The third kappa shape index (κ3) is 4.35. The first-order chi connectivity index (χ1) is 7.69. The van der Waals surface area contributed by atoms with Gasteiger partial charge >= 0.3 is 14.4 Å². The van der Waals surface area contributed by atoms with Gasteiger partial charge in [0.1, 0.15) is 0 Å². The lowest BCUT2D eigenvalue weighted by Gasteiger charge is -2.36. The Labute approximate surface area is 106 Å². The molecule has 4 heteroatoms. The quantitative estimate of drug-likeness (QED) is 0.704. The average Bonchev–Trinajstić information content (AvgIpc) is 2.30. The summed E-state index contributed by atoms with van der Waals surface area (Å²) < 4.78 is 2.68. The molecule has 0 bridgehead atoms. The van der Waals surface area contributed by atoms with E-state index in [0.29, 0.717) is 0 Å². The molecule has 0 saturated carbocycles. The van der Waals surface area contributed by atoms with Gasteiger partial charge < -0.3 is 14.1 Å². The molecule has 1 saturated heterocycles. The SMILES string of the molecule is CCN(CC)CC[CH2][Al]1[CH2]NCC(C)[N]1C. The maximum absolute atomic E-state index is 3.59. The maximum Gasteiger partial charge on any atom is 0.387 e. The molecule has 1 unspecified atom stereocenters. The molecule has 0 radical (unpaired) electrons. The van der Waals surface area contributed by atoms with E-state index < -0.39 is 14.4 Å². The van der Waals surface area contributed by atoms with E-state index in [4.69, 9.17) is 0 Å². The van der Waals surface area contributed by atoms with E-state index in [1.807, 2.05) is 0 Å². The Balaban J connectivity index is 2.21. The molecule has 1 fully saturated rings. The van der Waals surface area contributed by atoms with Crippen LogP contribution in [0.15, 0.2) is 0 Å². The highest BCUT2D eigenvalue weighted by Crippen LogP contribution is 2.10. The predicted octanol–water partition coefficient (Wildman–Crippen LogP) is 1.17. The Hall–Kier alpha value is 0.412. The van der Waals surface area contributed by atoms with Crippen LogP contribution in [0.4, 0.5) is 0 Å². The molecule has 3 nitrogen and oxygen atoms in total. The molecule has 0 aromatic rings. The molecule has 1 heterocycles. The van der Waals surface area contributed by atoms with E-state index in [0.717, 1.165) is 6.04 Å². The fourth-order valence-corrected chi connectivity index (χ4v) is 5.38. The van der Waals surface area contributed by atoms with Gasteiger partial charge in [-0.25, -0.2) is 0 Å². The van der Waals surface area contributed by atoms with Crippen molar-refractivity contribution in [1.29, 1.82) is 0 Å². The monoisotopic (exact) mass is 241 g/mol. The maximum atomic E-state index is 3.59. The molecule has 1 aliphatic heterocycles. The largest absolute Gasteiger partial charge is 0.387 e. The topological polar surface area (TPSA) is 18.5 Å². The lowest BCUT2D eigenvalue weighted by Crippen LogP contribution is -2.57. The van der Waals surface area contributed by atoms with Crippen LogP contribution in [-0.4, -0.2) is 67.8 Å². The molecule has 0 aromatic carbocycles. The van der Waals surface area contributed by atoms with Crippen molar-refractivity contribution >= 4 is 14.4 Å². The second-order valence-corrected chi connectivity index (χ2v) is 8.10. The minimum absolute atomic E-state index is 0.664. The van der Waals surface area contributed by atoms with Gasteiger partial charge in [0.25, 0.3) is 0 Å². The first kappa shape index (κ1) is 14.5. The second-order valence-electron chi connectivity index (χ2n) is 5.00. The number of nitrogens with zero attached hydrogens (tertiary/aromatic N) is 2. The minimum atomic E-state index is -0.664. The Morgan fingerprint density at radius 2 is 2.06 bits per heavy atom. The van der Waals surface area contributed by atoms with Gasteiger partial charge in [0.2, 0.25) is 0 Å². The van der Waals surface area contributed by atoms with Crippen molar-refractivity contribution in [3.05, 3.63) is 0 Å². The summed E-state index contributed by atoms with van der Waals surface area (Å²) in [7, 11) is 2.33. The molecular weight excluding hydrogens is 213 g/mol. The van der Waals surface area contributed by atoms with E-state index in [2.05, 4.69) is 41.9 Å². The summed E-state index contributed by atoms with van der Waals surface area (Å²) in [6, 6.07) is 0.749. The molecule has 16 heavy (non-hydrogen) atoms. The van der Waals surface area contributed by atoms with Crippen LogP contribution in [0.5, 0.6) is 0 Å². The first-order valence-electron chi connectivity index (χ1n) is 6.84. The molecule has 1 N–H and O–H groups in total. The van der Waals surface area contributed by atoms with Crippen molar-refractivity contribution in [3.63, 3.8) is 0 Å². The van der Waals surface area contributed by atoms with E-state index in [-0.39, 0.29) is 0 Å². The van der Waals surface area contributed by atoms with Crippen molar-refractivity contribution in [3.8, 4) is 0 Å². The van der Waals surface area contributed by atoms with Gasteiger partial charge in [-0.15, -0.1) is 0 Å². The Morgan fingerprint density at radius 1 is 1.38 bits per heavy atom. The molecular formula is C12H28AlN3. The van der Waals surface area contributed by atoms with Crippen molar-refractivity contribution in [2.24, 2.45) is 0 Å². The van der Waals surface area contributed by atoms with Gasteiger partial charge in [-0.3, -0.25) is 0 Å². The predicted molar refractivity (Wildman–Crippen MR) is 73.1 cm³/mol.